The topological polar surface area (TPSA) is 120 Å². The molecule has 2 amide bonds. The van der Waals surface area contributed by atoms with E-state index in [2.05, 4.69) is 34.9 Å². The van der Waals surface area contributed by atoms with Crippen molar-refractivity contribution in [1.29, 1.82) is 0 Å². The molecule has 0 unspecified atom stereocenters. The molecule has 268 valence electrons. The molecule has 0 radical (unpaired) electrons. The fourth-order valence-electron chi connectivity index (χ4n) is 7.01. The van der Waals surface area contributed by atoms with Gasteiger partial charge in [-0.1, -0.05) is 31.4 Å². The first-order valence-corrected chi connectivity index (χ1v) is 17.9. The van der Waals surface area contributed by atoms with Gasteiger partial charge >= 0.3 is 6.09 Å². The van der Waals surface area contributed by atoms with E-state index in [0.717, 1.165) is 80.6 Å². The van der Waals surface area contributed by atoms with Crippen LogP contribution in [0.1, 0.15) is 94.2 Å². The first-order valence-electron chi connectivity index (χ1n) is 17.9. The van der Waals surface area contributed by atoms with Crippen LogP contribution in [-0.2, 0) is 14.3 Å². The molecule has 2 N–H and O–H groups in total. The molecule has 1 aliphatic heterocycles. The lowest BCUT2D eigenvalue weighted by atomic mass is 9.78. The lowest BCUT2D eigenvalue weighted by Gasteiger charge is -2.36. The van der Waals surface area contributed by atoms with Gasteiger partial charge in [-0.25, -0.2) is 9.78 Å². The van der Waals surface area contributed by atoms with Crippen molar-refractivity contribution in [2.45, 2.75) is 96.6 Å². The van der Waals surface area contributed by atoms with Crippen molar-refractivity contribution in [3.05, 3.63) is 59.4 Å². The summed E-state index contributed by atoms with van der Waals surface area (Å²) in [5.41, 5.74) is 10.3. The summed E-state index contributed by atoms with van der Waals surface area (Å²) in [6, 6.07) is 10.7. The number of allylic oxidation sites excluding steroid dienone is 1. The maximum absolute atomic E-state index is 13.9. The Morgan fingerprint density at radius 2 is 1.73 bits per heavy atom. The number of hydrogen-bond donors (Lipinski definition) is 1. The summed E-state index contributed by atoms with van der Waals surface area (Å²) in [7, 11) is 4.74. The van der Waals surface area contributed by atoms with Crippen molar-refractivity contribution in [3.63, 3.8) is 0 Å². The molecule has 0 spiro atoms. The number of hydrogen-bond acceptors (Lipinski definition) is 8. The molecule has 10 nitrogen and oxygen atoms in total. The summed E-state index contributed by atoms with van der Waals surface area (Å²) in [4.78, 5) is 37.4. The standard InChI is InChI=1S/C33H46N4O2.C6H11NO3/c1-23(2)36-21-30(20-34)29-16-17-35-32(19-29)37(33(38)27-8-6-5-7-9-27)22-25-10-12-26(13-11-25)28-14-15-31(39-4)24(3)18-28;1-9-5-3-7(4-5)6(8)10-2/h14-21,23,25-27H,5-13,22,34H2,1-4H3;5H,3-4H2,1-2H3/b30-20+,36-21?;. The van der Waals surface area contributed by atoms with Crippen LogP contribution in [0.4, 0.5) is 10.6 Å². The summed E-state index contributed by atoms with van der Waals surface area (Å²) >= 11 is 0. The number of nitrogens with zero attached hydrogens (tertiary/aromatic N) is 4. The molecule has 3 fully saturated rings. The number of aliphatic imine (C=N–C) groups is 1. The Labute approximate surface area is 293 Å². The third-order valence-electron chi connectivity index (χ3n) is 10.1. The fraction of sp³-hybridized carbons (Fsp3) is 0.590. The van der Waals surface area contributed by atoms with Crippen LogP contribution >= 0.6 is 0 Å². The van der Waals surface area contributed by atoms with Gasteiger partial charge < -0.3 is 24.8 Å². The highest BCUT2D eigenvalue weighted by Crippen LogP contribution is 2.38. The minimum Gasteiger partial charge on any atom is -0.496 e. The van der Waals surface area contributed by atoms with Crippen LogP contribution in [-0.4, -0.2) is 81.2 Å². The smallest absolute Gasteiger partial charge is 0.409 e. The number of carbonyl (C=O) groups is 2. The van der Waals surface area contributed by atoms with E-state index in [1.54, 1.807) is 31.5 Å². The number of rotatable bonds is 10. The molecule has 5 rings (SSSR count). The van der Waals surface area contributed by atoms with Crippen molar-refractivity contribution in [1.82, 2.24) is 9.88 Å². The number of aryl methyl sites for hydroxylation is 1. The van der Waals surface area contributed by atoms with Crippen LogP contribution in [0.15, 0.2) is 47.7 Å². The quantitative estimate of drug-likeness (QED) is 0.266. The van der Waals surface area contributed by atoms with Crippen LogP contribution in [0.2, 0.25) is 0 Å². The highest BCUT2D eigenvalue weighted by Gasteiger charge is 2.32. The van der Waals surface area contributed by atoms with Crippen molar-refractivity contribution >= 4 is 29.6 Å². The predicted octanol–water partition coefficient (Wildman–Crippen LogP) is 7.15. The monoisotopic (exact) mass is 675 g/mol. The van der Waals surface area contributed by atoms with E-state index in [1.807, 2.05) is 37.1 Å². The Hall–Kier alpha value is -3.92. The molecule has 1 aromatic carbocycles. The first kappa shape index (κ1) is 37.9. The van der Waals surface area contributed by atoms with Crippen LogP contribution in [0.25, 0.3) is 5.57 Å². The predicted molar refractivity (Wildman–Crippen MR) is 196 cm³/mol. The normalized spacial score (nSPS) is 20.4. The van der Waals surface area contributed by atoms with E-state index in [1.165, 1.54) is 24.7 Å². The minimum absolute atomic E-state index is 0.0924. The molecule has 1 aromatic heterocycles. The number of likely N-dealkylation sites (tertiary alicyclic amines) is 1. The molecule has 2 heterocycles. The van der Waals surface area contributed by atoms with Gasteiger partial charge in [0.15, 0.2) is 0 Å². The van der Waals surface area contributed by atoms with Gasteiger partial charge in [-0.15, -0.1) is 0 Å². The van der Waals surface area contributed by atoms with E-state index in [4.69, 9.17) is 20.2 Å². The van der Waals surface area contributed by atoms with Gasteiger partial charge in [-0.05, 0) is 106 Å². The summed E-state index contributed by atoms with van der Waals surface area (Å²) in [6.07, 6.45) is 15.1. The first-order chi connectivity index (χ1) is 23.7. The third-order valence-corrected chi connectivity index (χ3v) is 10.1. The Kier molecular flexibility index (Phi) is 14.5. The SMILES string of the molecule is COC(=O)N1CC(OC)C1.COc1ccc(C2CCC(CN(C(=O)C3CCCCC3)c3cc(/C(C=NC(C)C)=C/N)ccn3)CC2)cc1C. The second-order valence-electron chi connectivity index (χ2n) is 13.9. The van der Waals surface area contributed by atoms with Crippen LogP contribution in [0.5, 0.6) is 5.75 Å². The summed E-state index contributed by atoms with van der Waals surface area (Å²) in [5, 5.41) is 0. The van der Waals surface area contributed by atoms with Crippen LogP contribution in [0.3, 0.4) is 0 Å². The second kappa shape index (κ2) is 18.7. The van der Waals surface area contributed by atoms with E-state index in [0.29, 0.717) is 24.9 Å². The zero-order chi connectivity index (χ0) is 35.3. The molecule has 0 atom stereocenters. The van der Waals surface area contributed by atoms with Gasteiger partial charge in [0.1, 0.15) is 11.6 Å². The number of amides is 2. The van der Waals surface area contributed by atoms with Gasteiger partial charge in [0.25, 0.3) is 0 Å². The van der Waals surface area contributed by atoms with Crippen LogP contribution in [0, 0.1) is 18.8 Å². The average Bonchev–Trinajstić information content (AvgIpc) is 3.11. The molecule has 10 heteroatoms. The summed E-state index contributed by atoms with van der Waals surface area (Å²) in [5.74, 6) is 3.03. The van der Waals surface area contributed by atoms with E-state index in [-0.39, 0.29) is 30.1 Å². The van der Waals surface area contributed by atoms with Gasteiger partial charge in [0, 0.05) is 49.8 Å². The molecule has 1 saturated heterocycles. The van der Waals surface area contributed by atoms with Crippen molar-refractivity contribution in [3.8, 4) is 5.75 Å². The maximum Gasteiger partial charge on any atom is 0.409 e. The lowest BCUT2D eigenvalue weighted by Crippen LogP contribution is -2.54. The molecule has 2 saturated carbocycles. The Bertz CT molecular complexity index is 1420. The van der Waals surface area contributed by atoms with E-state index >= 15 is 0 Å². The van der Waals surface area contributed by atoms with Crippen molar-refractivity contribution < 1.29 is 23.8 Å². The minimum atomic E-state index is -0.270. The lowest BCUT2D eigenvalue weighted by molar-refractivity contribution is -0.123. The Morgan fingerprint density at radius 3 is 2.33 bits per heavy atom. The molecular weight excluding hydrogens is 618 g/mol. The number of carbonyl (C=O) groups excluding carboxylic acids is 2. The van der Waals surface area contributed by atoms with Gasteiger partial charge in [-0.2, -0.15) is 0 Å². The molecule has 0 bridgehead atoms. The van der Waals surface area contributed by atoms with Gasteiger partial charge in [0.2, 0.25) is 5.91 Å². The number of nitrogens with two attached hydrogens (primary N) is 1. The number of pyridine rings is 1. The number of methoxy groups -OCH3 is 3. The number of aromatic nitrogens is 1. The maximum atomic E-state index is 13.9. The zero-order valence-corrected chi connectivity index (χ0v) is 30.4. The highest BCUT2D eigenvalue weighted by molar-refractivity contribution is 6.10. The second-order valence-corrected chi connectivity index (χ2v) is 13.9. The molecule has 2 aliphatic carbocycles. The van der Waals surface area contributed by atoms with Gasteiger partial charge in [0.05, 0.1) is 33.4 Å². The van der Waals surface area contributed by atoms with Crippen molar-refractivity contribution in [2.75, 3.05) is 45.9 Å². The zero-order valence-electron chi connectivity index (χ0n) is 30.4. The largest absolute Gasteiger partial charge is 0.496 e. The highest BCUT2D eigenvalue weighted by atomic mass is 16.5. The van der Waals surface area contributed by atoms with Gasteiger partial charge in [-0.3, -0.25) is 14.7 Å². The van der Waals surface area contributed by atoms with E-state index < -0.39 is 0 Å². The van der Waals surface area contributed by atoms with Crippen molar-refractivity contribution in [2.24, 2.45) is 22.6 Å². The fourth-order valence-corrected chi connectivity index (χ4v) is 7.01. The van der Waals surface area contributed by atoms with Crippen LogP contribution < -0.4 is 15.4 Å². The average molecular weight is 676 g/mol. The molecule has 3 aliphatic rings. The van der Waals surface area contributed by atoms with E-state index in [9.17, 15) is 9.59 Å². The Balaban J connectivity index is 0.000000463. The Morgan fingerprint density at radius 1 is 1.02 bits per heavy atom. The number of benzene rings is 1. The summed E-state index contributed by atoms with van der Waals surface area (Å²) < 4.78 is 14.9. The summed E-state index contributed by atoms with van der Waals surface area (Å²) in [6.45, 7) is 8.23. The third kappa shape index (κ3) is 10.5. The molecular formula is C39H57N5O5. The number of anilines is 1. The molecule has 2 aromatic rings. The number of ether oxygens (including phenoxy) is 3. The molecule has 49 heavy (non-hydrogen) atoms.